The van der Waals surface area contributed by atoms with E-state index in [2.05, 4.69) is 5.32 Å². The Morgan fingerprint density at radius 1 is 1.28 bits per heavy atom. The third kappa shape index (κ3) is 4.39. The second-order valence-electron chi connectivity index (χ2n) is 4.58. The van der Waals surface area contributed by atoms with Crippen molar-refractivity contribution in [2.24, 2.45) is 5.92 Å². The van der Waals surface area contributed by atoms with Crippen molar-refractivity contribution in [1.29, 1.82) is 0 Å². The third-order valence-electron chi connectivity index (χ3n) is 3.08. The molecular formula is C14H20ClNO2. The molecule has 2 rings (SSSR count). The van der Waals surface area contributed by atoms with Crippen LogP contribution in [-0.2, 0) is 0 Å². The van der Waals surface area contributed by atoms with Crippen LogP contribution in [0.3, 0.4) is 0 Å². The quantitative estimate of drug-likeness (QED) is 0.581. The van der Waals surface area contributed by atoms with Gasteiger partial charge in [0.05, 0.1) is 7.11 Å². The predicted molar refractivity (Wildman–Crippen MR) is 73.7 cm³/mol. The molecule has 0 heterocycles. The summed E-state index contributed by atoms with van der Waals surface area (Å²) in [6, 6.07) is 7.61. The van der Waals surface area contributed by atoms with E-state index in [1.165, 1.54) is 12.8 Å². The van der Waals surface area contributed by atoms with Gasteiger partial charge in [-0.3, -0.25) is 0 Å². The lowest BCUT2D eigenvalue weighted by Gasteiger charge is -2.10. The van der Waals surface area contributed by atoms with Crippen LogP contribution in [0, 0.1) is 5.92 Å². The van der Waals surface area contributed by atoms with Gasteiger partial charge in [-0.1, -0.05) is 0 Å². The molecule has 1 aromatic rings. The Bertz CT molecular complexity index is 351. The molecule has 0 bridgehead atoms. The molecule has 1 aromatic carbocycles. The zero-order valence-corrected chi connectivity index (χ0v) is 11.5. The molecule has 0 radical (unpaired) electrons. The summed E-state index contributed by atoms with van der Waals surface area (Å²) in [5.74, 6) is 2.44. The van der Waals surface area contributed by atoms with Gasteiger partial charge in [-0.15, -0.1) is 11.6 Å². The SMILES string of the molecule is COc1ccc(OCCNCC(Cl)C2CC2)cc1. The van der Waals surface area contributed by atoms with Gasteiger partial charge >= 0.3 is 0 Å². The Morgan fingerprint density at radius 2 is 1.94 bits per heavy atom. The van der Waals surface area contributed by atoms with Crippen LogP contribution in [0.4, 0.5) is 0 Å². The zero-order valence-electron chi connectivity index (χ0n) is 10.7. The van der Waals surface area contributed by atoms with E-state index in [0.29, 0.717) is 6.61 Å². The Labute approximate surface area is 113 Å². The van der Waals surface area contributed by atoms with E-state index in [-0.39, 0.29) is 5.38 Å². The highest BCUT2D eigenvalue weighted by molar-refractivity contribution is 6.21. The number of methoxy groups -OCH3 is 1. The molecule has 1 atom stereocenters. The standard InChI is InChI=1S/C14H20ClNO2/c1-17-12-4-6-13(7-5-12)18-9-8-16-10-14(15)11-2-3-11/h4-7,11,14,16H,2-3,8-10H2,1H3. The molecule has 1 saturated carbocycles. The highest BCUT2D eigenvalue weighted by Gasteiger charge is 2.28. The van der Waals surface area contributed by atoms with Crippen molar-refractivity contribution < 1.29 is 9.47 Å². The molecule has 1 N–H and O–H groups in total. The minimum atomic E-state index is 0.283. The fourth-order valence-corrected chi connectivity index (χ4v) is 2.14. The van der Waals surface area contributed by atoms with Crippen LogP contribution < -0.4 is 14.8 Å². The van der Waals surface area contributed by atoms with Crippen molar-refractivity contribution in [2.45, 2.75) is 18.2 Å². The second kappa shape index (κ2) is 6.86. The summed E-state index contributed by atoms with van der Waals surface area (Å²) in [7, 11) is 1.65. The molecule has 1 aliphatic carbocycles. The lowest BCUT2D eigenvalue weighted by molar-refractivity contribution is 0.313. The summed E-state index contributed by atoms with van der Waals surface area (Å²) in [6.45, 7) is 2.35. The van der Waals surface area contributed by atoms with E-state index in [1.807, 2.05) is 24.3 Å². The Kier molecular flexibility index (Phi) is 5.14. The maximum atomic E-state index is 6.19. The largest absolute Gasteiger partial charge is 0.497 e. The summed E-state index contributed by atoms with van der Waals surface area (Å²) in [6.07, 6.45) is 2.58. The van der Waals surface area contributed by atoms with Gasteiger partial charge in [-0.05, 0) is 43.0 Å². The van der Waals surface area contributed by atoms with Crippen molar-refractivity contribution in [3.63, 3.8) is 0 Å². The smallest absolute Gasteiger partial charge is 0.119 e. The van der Waals surface area contributed by atoms with E-state index >= 15 is 0 Å². The van der Waals surface area contributed by atoms with E-state index in [1.54, 1.807) is 7.11 Å². The van der Waals surface area contributed by atoms with Gasteiger partial charge in [0.1, 0.15) is 18.1 Å². The number of hydrogen-bond donors (Lipinski definition) is 1. The minimum Gasteiger partial charge on any atom is -0.497 e. The van der Waals surface area contributed by atoms with E-state index in [0.717, 1.165) is 30.5 Å². The van der Waals surface area contributed by atoms with Crippen molar-refractivity contribution in [3.05, 3.63) is 24.3 Å². The molecule has 1 unspecified atom stereocenters. The van der Waals surface area contributed by atoms with Gasteiger partial charge in [-0.2, -0.15) is 0 Å². The van der Waals surface area contributed by atoms with E-state index < -0.39 is 0 Å². The van der Waals surface area contributed by atoms with Crippen LogP contribution in [0.5, 0.6) is 11.5 Å². The predicted octanol–water partition coefficient (Wildman–Crippen LogP) is 2.68. The number of halogens is 1. The van der Waals surface area contributed by atoms with Gasteiger partial charge in [-0.25, -0.2) is 0 Å². The van der Waals surface area contributed by atoms with Gasteiger partial charge in [0.2, 0.25) is 0 Å². The number of nitrogens with one attached hydrogen (secondary N) is 1. The molecule has 0 aliphatic heterocycles. The van der Waals surface area contributed by atoms with Gasteiger partial charge < -0.3 is 14.8 Å². The van der Waals surface area contributed by atoms with Crippen LogP contribution >= 0.6 is 11.6 Å². The van der Waals surface area contributed by atoms with Crippen molar-refractivity contribution in [1.82, 2.24) is 5.32 Å². The van der Waals surface area contributed by atoms with Gasteiger partial charge in [0.15, 0.2) is 0 Å². The van der Waals surface area contributed by atoms with Crippen LogP contribution in [-0.4, -0.2) is 32.2 Å². The molecule has 4 heteroatoms. The average molecular weight is 270 g/mol. The number of benzene rings is 1. The molecule has 3 nitrogen and oxygen atoms in total. The zero-order chi connectivity index (χ0) is 12.8. The van der Waals surface area contributed by atoms with Crippen molar-refractivity contribution in [2.75, 3.05) is 26.8 Å². The highest BCUT2D eigenvalue weighted by Crippen LogP contribution is 2.35. The molecule has 0 amide bonds. The van der Waals surface area contributed by atoms with E-state index in [4.69, 9.17) is 21.1 Å². The van der Waals surface area contributed by atoms with E-state index in [9.17, 15) is 0 Å². The van der Waals surface area contributed by atoms with Crippen LogP contribution in [0.25, 0.3) is 0 Å². The molecule has 0 spiro atoms. The molecule has 0 saturated heterocycles. The molecule has 0 aromatic heterocycles. The van der Waals surface area contributed by atoms with Crippen LogP contribution in [0.1, 0.15) is 12.8 Å². The first-order chi connectivity index (χ1) is 8.79. The molecule has 100 valence electrons. The molecule has 1 aliphatic rings. The summed E-state index contributed by atoms with van der Waals surface area (Å²) in [5.41, 5.74) is 0. The summed E-state index contributed by atoms with van der Waals surface area (Å²) < 4.78 is 10.7. The summed E-state index contributed by atoms with van der Waals surface area (Å²) in [4.78, 5) is 0. The van der Waals surface area contributed by atoms with Crippen LogP contribution in [0.15, 0.2) is 24.3 Å². The van der Waals surface area contributed by atoms with Crippen molar-refractivity contribution in [3.8, 4) is 11.5 Å². The summed E-state index contributed by atoms with van der Waals surface area (Å²) >= 11 is 6.19. The molecule has 18 heavy (non-hydrogen) atoms. The monoisotopic (exact) mass is 269 g/mol. The number of alkyl halides is 1. The normalized spacial score (nSPS) is 16.3. The average Bonchev–Trinajstić information content (AvgIpc) is 3.23. The number of rotatable bonds is 8. The second-order valence-corrected chi connectivity index (χ2v) is 5.14. The summed E-state index contributed by atoms with van der Waals surface area (Å²) in [5, 5.41) is 3.60. The third-order valence-corrected chi connectivity index (χ3v) is 3.59. The first-order valence-electron chi connectivity index (χ1n) is 6.41. The Morgan fingerprint density at radius 3 is 2.56 bits per heavy atom. The first kappa shape index (κ1) is 13.5. The fraction of sp³-hybridized carbons (Fsp3) is 0.571. The highest BCUT2D eigenvalue weighted by atomic mass is 35.5. The number of hydrogen-bond acceptors (Lipinski definition) is 3. The lowest BCUT2D eigenvalue weighted by Crippen LogP contribution is -2.28. The number of ether oxygens (including phenoxy) is 2. The Hall–Kier alpha value is -0.930. The van der Waals surface area contributed by atoms with Crippen molar-refractivity contribution >= 4 is 11.6 Å². The maximum absolute atomic E-state index is 6.19. The van der Waals surface area contributed by atoms with Crippen LogP contribution in [0.2, 0.25) is 0 Å². The first-order valence-corrected chi connectivity index (χ1v) is 6.85. The molecular weight excluding hydrogens is 250 g/mol. The molecule has 1 fully saturated rings. The topological polar surface area (TPSA) is 30.5 Å². The maximum Gasteiger partial charge on any atom is 0.119 e. The fourth-order valence-electron chi connectivity index (χ4n) is 1.78. The van der Waals surface area contributed by atoms with Gasteiger partial charge in [0.25, 0.3) is 0 Å². The Balaban J connectivity index is 1.56. The van der Waals surface area contributed by atoms with Gasteiger partial charge in [0, 0.05) is 18.5 Å². The lowest BCUT2D eigenvalue weighted by atomic mass is 10.3. The minimum absolute atomic E-state index is 0.283.